The van der Waals surface area contributed by atoms with E-state index in [1.807, 2.05) is 13.0 Å². The SMILES string of the molecule is Cc1cc2c([nH]c1=O)CCNC2. The van der Waals surface area contributed by atoms with Crippen LogP contribution in [0, 0.1) is 6.92 Å². The van der Waals surface area contributed by atoms with E-state index in [0.717, 1.165) is 30.8 Å². The average Bonchev–Trinajstić information content (AvgIpc) is 2.07. The topological polar surface area (TPSA) is 44.9 Å². The summed E-state index contributed by atoms with van der Waals surface area (Å²) in [5.74, 6) is 0. The fourth-order valence-corrected chi connectivity index (χ4v) is 1.55. The predicted octanol–water partition coefficient (Wildman–Crippen LogP) is 0.329. The van der Waals surface area contributed by atoms with E-state index >= 15 is 0 Å². The van der Waals surface area contributed by atoms with Crippen molar-refractivity contribution in [2.75, 3.05) is 6.54 Å². The Labute approximate surface area is 70.8 Å². The smallest absolute Gasteiger partial charge is 0.251 e. The Hall–Kier alpha value is -1.09. The number of hydrogen-bond acceptors (Lipinski definition) is 2. The first-order valence-corrected chi connectivity index (χ1v) is 4.20. The number of nitrogens with one attached hydrogen (secondary N) is 2. The Morgan fingerprint density at radius 1 is 1.50 bits per heavy atom. The highest BCUT2D eigenvalue weighted by atomic mass is 16.1. The maximum absolute atomic E-state index is 11.2. The van der Waals surface area contributed by atoms with Crippen molar-refractivity contribution < 1.29 is 0 Å². The molecule has 0 atom stereocenters. The fourth-order valence-electron chi connectivity index (χ4n) is 1.55. The molecule has 1 aromatic heterocycles. The minimum atomic E-state index is 0.0515. The van der Waals surface area contributed by atoms with Crippen LogP contribution in [-0.2, 0) is 13.0 Å². The number of pyridine rings is 1. The molecular formula is C9H12N2O. The van der Waals surface area contributed by atoms with Crippen LogP contribution in [0.15, 0.2) is 10.9 Å². The molecule has 0 fully saturated rings. The molecule has 2 rings (SSSR count). The van der Waals surface area contributed by atoms with Crippen molar-refractivity contribution in [2.45, 2.75) is 19.9 Å². The van der Waals surface area contributed by atoms with E-state index in [1.54, 1.807) is 0 Å². The van der Waals surface area contributed by atoms with Crippen LogP contribution in [0.5, 0.6) is 0 Å². The molecule has 64 valence electrons. The van der Waals surface area contributed by atoms with Crippen molar-refractivity contribution in [3.05, 3.63) is 33.2 Å². The standard InChI is InChI=1S/C9H12N2O/c1-6-4-7-5-10-3-2-8(7)11-9(6)12/h4,10H,2-3,5H2,1H3,(H,11,12). The Bertz CT molecular complexity index is 354. The van der Waals surface area contributed by atoms with Gasteiger partial charge >= 0.3 is 0 Å². The molecule has 1 aromatic rings. The monoisotopic (exact) mass is 164 g/mol. The quantitative estimate of drug-likeness (QED) is 0.580. The maximum atomic E-state index is 11.2. The molecule has 0 amide bonds. The van der Waals surface area contributed by atoms with Gasteiger partial charge in [-0.2, -0.15) is 0 Å². The second kappa shape index (κ2) is 2.75. The zero-order valence-electron chi connectivity index (χ0n) is 7.11. The van der Waals surface area contributed by atoms with Gasteiger partial charge in [-0.15, -0.1) is 0 Å². The van der Waals surface area contributed by atoms with Gasteiger partial charge in [-0.25, -0.2) is 0 Å². The molecular weight excluding hydrogens is 152 g/mol. The van der Waals surface area contributed by atoms with E-state index in [4.69, 9.17) is 0 Å². The van der Waals surface area contributed by atoms with Crippen molar-refractivity contribution in [1.82, 2.24) is 10.3 Å². The molecule has 1 aliphatic rings. The molecule has 0 radical (unpaired) electrons. The van der Waals surface area contributed by atoms with Crippen molar-refractivity contribution in [3.8, 4) is 0 Å². The van der Waals surface area contributed by atoms with Gasteiger partial charge in [0.05, 0.1) is 0 Å². The van der Waals surface area contributed by atoms with Crippen LogP contribution in [0.3, 0.4) is 0 Å². The van der Waals surface area contributed by atoms with Crippen LogP contribution < -0.4 is 10.9 Å². The summed E-state index contributed by atoms with van der Waals surface area (Å²) in [4.78, 5) is 14.1. The minimum Gasteiger partial charge on any atom is -0.326 e. The Morgan fingerprint density at radius 2 is 2.33 bits per heavy atom. The molecule has 3 heteroatoms. The Kier molecular flexibility index (Phi) is 1.73. The van der Waals surface area contributed by atoms with Crippen LogP contribution in [0.2, 0.25) is 0 Å². The van der Waals surface area contributed by atoms with Gasteiger partial charge in [0.25, 0.3) is 5.56 Å². The summed E-state index contributed by atoms with van der Waals surface area (Å²) in [5.41, 5.74) is 3.19. The number of hydrogen-bond donors (Lipinski definition) is 2. The summed E-state index contributed by atoms with van der Waals surface area (Å²) in [5, 5.41) is 3.27. The molecule has 0 saturated heterocycles. The highest BCUT2D eigenvalue weighted by Crippen LogP contribution is 2.09. The van der Waals surface area contributed by atoms with Crippen LogP contribution >= 0.6 is 0 Å². The summed E-state index contributed by atoms with van der Waals surface area (Å²) >= 11 is 0. The first-order valence-electron chi connectivity index (χ1n) is 4.20. The normalized spacial score (nSPS) is 15.8. The first kappa shape index (κ1) is 7.55. The van der Waals surface area contributed by atoms with Gasteiger partial charge in [-0.05, 0) is 18.6 Å². The first-order chi connectivity index (χ1) is 5.77. The zero-order valence-corrected chi connectivity index (χ0v) is 7.11. The van der Waals surface area contributed by atoms with E-state index in [9.17, 15) is 4.79 Å². The molecule has 0 unspecified atom stereocenters. The number of aryl methyl sites for hydroxylation is 1. The minimum absolute atomic E-state index is 0.0515. The highest BCUT2D eigenvalue weighted by molar-refractivity contribution is 5.26. The molecule has 2 N–H and O–H groups in total. The number of H-pyrrole nitrogens is 1. The number of fused-ring (bicyclic) bond motifs is 1. The lowest BCUT2D eigenvalue weighted by Crippen LogP contribution is -2.27. The summed E-state index contributed by atoms with van der Waals surface area (Å²) < 4.78 is 0. The van der Waals surface area contributed by atoms with Crippen LogP contribution in [-0.4, -0.2) is 11.5 Å². The van der Waals surface area contributed by atoms with Gasteiger partial charge in [0.2, 0.25) is 0 Å². The third-order valence-electron chi connectivity index (χ3n) is 2.27. The maximum Gasteiger partial charge on any atom is 0.251 e. The van der Waals surface area contributed by atoms with E-state index in [-0.39, 0.29) is 5.56 Å². The van der Waals surface area contributed by atoms with Crippen LogP contribution in [0.25, 0.3) is 0 Å². The number of rotatable bonds is 0. The number of aromatic amines is 1. The van der Waals surface area contributed by atoms with Gasteiger partial charge in [0.1, 0.15) is 0 Å². The predicted molar refractivity (Wildman–Crippen MR) is 47.2 cm³/mol. The summed E-state index contributed by atoms with van der Waals surface area (Å²) in [6, 6.07) is 1.97. The molecule has 1 aliphatic heterocycles. The third-order valence-corrected chi connectivity index (χ3v) is 2.27. The summed E-state index contributed by atoms with van der Waals surface area (Å²) in [6.45, 7) is 3.69. The summed E-state index contributed by atoms with van der Waals surface area (Å²) in [7, 11) is 0. The van der Waals surface area contributed by atoms with Crippen molar-refractivity contribution in [2.24, 2.45) is 0 Å². The van der Waals surface area contributed by atoms with Gasteiger partial charge in [-0.3, -0.25) is 4.79 Å². The van der Waals surface area contributed by atoms with Crippen LogP contribution in [0.1, 0.15) is 16.8 Å². The Balaban J connectivity index is 2.56. The third kappa shape index (κ3) is 1.16. The molecule has 0 aromatic carbocycles. The summed E-state index contributed by atoms with van der Waals surface area (Å²) in [6.07, 6.45) is 0.935. The van der Waals surface area contributed by atoms with Gasteiger partial charge in [0.15, 0.2) is 0 Å². The Morgan fingerprint density at radius 3 is 3.17 bits per heavy atom. The van der Waals surface area contributed by atoms with Gasteiger partial charge in [-0.1, -0.05) is 0 Å². The largest absolute Gasteiger partial charge is 0.326 e. The average molecular weight is 164 g/mol. The molecule has 0 saturated carbocycles. The lowest BCUT2D eigenvalue weighted by atomic mass is 10.1. The lowest BCUT2D eigenvalue weighted by Gasteiger charge is -2.16. The van der Waals surface area contributed by atoms with Gasteiger partial charge < -0.3 is 10.3 Å². The van der Waals surface area contributed by atoms with Crippen LogP contribution in [0.4, 0.5) is 0 Å². The van der Waals surface area contributed by atoms with Crippen molar-refractivity contribution >= 4 is 0 Å². The highest BCUT2D eigenvalue weighted by Gasteiger charge is 2.09. The van der Waals surface area contributed by atoms with Crippen molar-refractivity contribution in [3.63, 3.8) is 0 Å². The second-order valence-corrected chi connectivity index (χ2v) is 3.21. The molecule has 12 heavy (non-hydrogen) atoms. The van der Waals surface area contributed by atoms with E-state index < -0.39 is 0 Å². The van der Waals surface area contributed by atoms with E-state index in [2.05, 4.69) is 10.3 Å². The second-order valence-electron chi connectivity index (χ2n) is 3.21. The fraction of sp³-hybridized carbons (Fsp3) is 0.444. The molecule has 0 spiro atoms. The zero-order chi connectivity index (χ0) is 8.55. The molecule has 0 bridgehead atoms. The lowest BCUT2D eigenvalue weighted by molar-refractivity contribution is 0.627. The number of aromatic nitrogens is 1. The van der Waals surface area contributed by atoms with Crippen molar-refractivity contribution in [1.29, 1.82) is 0 Å². The molecule has 0 aliphatic carbocycles. The molecule has 2 heterocycles. The van der Waals surface area contributed by atoms with E-state index in [1.165, 1.54) is 5.56 Å². The van der Waals surface area contributed by atoms with Gasteiger partial charge in [0, 0.05) is 30.8 Å². The van der Waals surface area contributed by atoms with E-state index in [0.29, 0.717) is 0 Å². The molecule has 3 nitrogen and oxygen atoms in total.